The van der Waals surface area contributed by atoms with E-state index in [1.54, 1.807) is 0 Å². The summed E-state index contributed by atoms with van der Waals surface area (Å²) in [4.78, 5) is 14.4. The van der Waals surface area contributed by atoms with E-state index in [4.69, 9.17) is 19.7 Å². The van der Waals surface area contributed by atoms with Crippen molar-refractivity contribution in [1.82, 2.24) is 19.5 Å². The number of ether oxygens (including phenoxy) is 1. The number of hydrogen-bond donors (Lipinski definition) is 2. The average Bonchev–Trinajstić information content (AvgIpc) is 3.18. The van der Waals surface area contributed by atoms with Gasteiger partial charge in [-0.15, -0.1) is 0 Å². The van der Waals surface area contributed by atoms with Crippen molar-refractivity contribution < 1.29 is 9.84 Å². The number of rotatable bonds is 10. The highest BCUT2D eigenvalue weighted by Gasteiger charge is 2.38. The molecule has 2 aromatic heterocycles. The van der Waals surface area contributed by atoms with E-state index < -0.39 is 13.7 Å². The SMILES string of the molecule is CSc1nc(Nc2cccc(C)c2)cc(-c2c(Br)nc(C3(O)CCCCC3)n2COCC[Si](C)(C)C)n1. The molecule has 0 spiro atoms. The summed E-state index contributed by atoms with van der Waals surface area (Å²) in [6.45, 7) is 10.1. The largest absolute Gasteiger partial charge is 0.382 e. The van der Waals surface area contributed by atoms with Crippen LogP contribution in [0.1, 0.15) is 43.5 Å². The molecule has 0 radical (unpaired) electrons. The molecule has 1 aliphatic carbocycles. The predicted molar refractivity (Wildman–Crippen MR) is 158 cm³/mol. The lowest BCUT2D eigenvalue weighted by Gasteiger charge is -2.32. The van der Waals surface area contributed by atoms with E-state index in [2.05, 4.69) is 59.9 Å². The standard InChI is InChI=1S/C27H38BrN5O2SSi/c1-19-10-9-11-20(16-19)29-22-17-21(30-26(31-22)36-2)23-24(28)32-25(27(34)12-7-6-8-13-27)33(23)18-35-14-15-37(3,4)5/h9-11,16-17,34H,6-8,12-15,18H2,1-5H3,(H,29,30,31). The highest BCUT2D eigenvalue weighted by molar-refractivity contribution is 9.10. The fraction of sp³-hybridized carbons (Fsp3) is 0.519. The first-order chi connectivity index (χ1) is 17.6. The Hall–Kier alpha value is -1.72. The van der Waals surface area contributed by atoms with E-state index in [-0.39, 0.29) is 0 Å². The number of anilines is 2. The van der Waals surface area contributed by atoms with E-state index in [0.717, 1.165) is 42.4 Å². The number of halogens is 1. The Morgan fingerprint density at radius 3 is 2.57 bits per heavy atom. The molecule has 2 N–H and O–H groups in total. The molecule has 1 aromatic carbocycles. The van der Waals surface area contributed by atoms with Crippen LogP contribution in [0.2, 0.25) is 25.7 Å². The van der Waals surface area contributed by atoms with Gasteiger partial charge in [-0.25, -0.2) is 15.0 Å². The molecule has 1 fully saturated rings. The second-order valence-corrected chi connectivity index (χ2v) is 18.2. The third kappa shape index (κ3) is 7.23. The van der Waals surface area contributed by atoms with Crippen molar-refractivity contribution in [3.8, 4) is 11.4 Å². The van der Waals surface area contributed by atoms with Gasteiger partial charge in [0.15, 0.2) is 5.16 Å². The highest BCUT2D eigenvalue weighted by Crippen LogP contribution is 2.41. The Bertz CT molecular complexity index is 1220. The number of benzene rings is 1. The van der Waals surface area contributed by atoms with Crippen molar-refractivity contribution in [3.05, 3.63) is 46.3 Å². The minimum absolute atomic E-state index is 0.315. The fourth-order valence-electron chi connectivity index (χ4n) is 4.62. The van der Waals surface area contributed by atoms with Gasteiger partial charge in [0.25, 0.3) is 0 Å². The zero-order valence-corrected chi connectivity index (χ0v) is 25.9. The van der Waals surface area contributed by atoms with E-state index in [0.29, 0.717) is 47.6 Å². The molecule has 7 nitrogen and oxygen atoms in total. The fourth-order valence-corrected chi connectivity index (χ4v) is 6.34. The molecule has 10 heteroatoms. The molecule has 200 valence electrons. The normalized spacial score (nSPS) is 15.6. The van der Waals surface area contributed by atoms with Crippen molar-refractivity contribution >= 4 is 47.3 Å². The van der Waals surface area contributed by atoms with Crippen LogP contribution in [-0.2, 0) is 17.1 Å². The van der Waals surface area contributed by atoms with Gasteiger partial charge in [0.05, 0.1) is 5.69 Å². The van der Waals surface area contributed by atoms with Crippen LogP contribution in [0, 0.1) is 6.92 Å². The molecule has 0 bridgehead atoms. The van der Waals surface area contributed by atoms with Crippen molar-refractivity contribution in [2.75, 3.05) is 18.2 Å². The zero-order chi connectivity index (χ0) is 26.6. The summed E-state index contributed by atoms with van der Waals surface area (Å²) in [7, 11) is -1.23. The number of nitrogens with one attached hydrogen (secondary N) is 1. The van der Waals surface area contributed by atoms with Crippen LogP contribution in [0.4, 0.5) is 11.5 Å². The minimum atomic E-state index is -1.23. The van der Waals surface area contributed by atoms with Gasteiger partial charge in [-0.3, -0.25) is 4.57 Å². The van der Waals surface area contributed by atoms with Crippen LogP contribution in [0.25, 0.3) is 11.4 Å². The third-order valence-electron chi connectivity index (χ3n) is 6.66. The minimum Gasteiger partial charge on any atom is -0.382 e. The van der Waals surface area contributed by atoms with Gasteiger partial charge in [0, 0.05) is 26.4 Å². The number of hydrogen-bond acceptors (Lipinski definition) is 7. The molecule has 1 saturated carbocycles. The molecular weight excluding hydrogens is 566 g/mol. The Balaban J connectivity index is 1.75. The molecule has 0 saturated heterocycles. The maximum Gasteiger partial charge on any atom is 0.189 e. The smallest absolute Gasteiger partial charge is 0.189 e. The topological polar surface area (TPSA) is 85.1 Å². The first-order valence-corrected chi connectivity index (χ1v) is 18.6. The van der Waals surface area contributed by atoms with E-state index in [9.17, 15) is 5.11 Å². The number of aromatic nitrogens is 4. The van der Waals surface area contributed by atoms with Crippen LogP contribution in [0.5, 0.6) is 0 Å². The van der Waals surface area contributed by atoms with Crippen molar-refractivity contribution in [2.24, 2.45) is 0 Å². The quantitative estimate of drug-likeness (QED) is 0.108. The maximum atomic E-state index is 11.7. The van der Waals surface area contributed by atoms with Gasteiger partial charge in [-0.05, 0) is 65.7 Å². The summed E-state index contributed by atoms with van der Waals surface area (Å²) in [5, 5.41) is 15.8. The first kappa shape index (κ1) is 28.3. The lowest BCUT2D eigenvalue weighted by Crippen LogP contribution is -2.33. The molecule has 0 aliphatic heterocycles. The Morgan fingerprint density at radius 1 is 1.14 bits per heavy atom. The summed E-state index contributed by atoms with van der Waals surface area (Å²) < 4.78 is 8.88. The van der Waals surface area contributed by atoms with Gasteiger partial charge in [0.1, 0.15) is 34.3 Å². The third-order valence-corrected chi connectivity index (χ3v) is 9.46. The number of imidazole rings is 1. The molecule has 2 heterocycles. The molecule has 0 atom stereocenters. The van der Waals surface area contributed by atoms with E-state index in [1.165, 1.54) is 17.3 Å². The number of thioether (sulfide) groups is 1. The number of aryl methyl sites for hydroxylation is 1. The van der Waals surface area contributed by atoms with Gasteiger partial charge >= 0.3 is 0 Å². The van der Waals surface area contributed by atoms with Crippen LogP contribution >= 0.6 is 27.7 Å². The van der Waals surface area contributed by atoms with Crippen LogP contribution in [0.15, 0.2) is 40.1 Å². The second-order valence-electron chi connectivity index (χ2n) is 11.1. The molecule has 4 rings (SSSR count). The summed E-state index contributed by atoms with van der Waals surface area (Å²) in [6.07, 6.45) is 6.48. The molecule has 0 unspecified atom stereocenters. The highest BCUT2D eigenvalue weighted by atomic mass is 79.9. The Labute approximate surface area is 234 Å². The first-order valence-electron chi connectivity index (χ1n) is 12.9. The van der Waals surface area contributed by atoms with Gasteiger partial charge in [-0.2, -0.15) is 0 Å². The average molecular weight is 605 g/mol. The van der Waals surface area contributed by atoms with Crippen LogP contribution in [0.3, 0.4) is 0 Å². The summed E-state index contributed by atoms with van der Waals surface area (Å²) in [5.74, 6) is 1.36. The van der Waals surface area contributed by atoms with Crippen LogP contribution in [-0.4, -0.2) is 45.6 Å². The van der Waals surface area contributed by atoms with E-state index >= 15 is 0 Å². The van der Waals surface area contributed by atoms with Gasteiger partial charge in [0.2, 0.25) is 0 Å². The second kappa shape index (κ2) is 12.0. The Kier molecular flexibility index (Phi) is 9.16. The predicted octanol–water partition coefficient (Wildman–Crippen LogP) is 7.34. The van der Waals surface area contributed by atoms with Gasteiger partial charge in [-0.1, -0.05) is 62.8 Å². The zero-order valence-electron chi connectivity index (χ0n) is 22.5. The molecule has 3 aromatic rings. The summed E-state index contributed by atoms with van der Waals surface area (Å²) in [5.41, 5.74) is 2.70. The van der Waals surface area contributed by atoms with E-state index in [1.807, 2.05) is 29.0 Å². The lowest BCUT2D eigenvalue weighted by molar-refractivity contribution is -0.0194. The molecule has 1 aliphatic rings. The van der Waals surface area contributed by atoms with Crippen LogP contribution < -0.4 is 5.32 Å². The van der Waals surface area contributed by atoms with Crippen molar-refractivity contribution in [3.63, 3.8) is 0 Å². The summed E-state index contributed by atoms with van der Waals surface area (Å²) in [6, 6.07) is 11.2. The number of nitrogens with zero attached hydrogens (tertiary/aromatic N) is 4. The molecule has 37 heavy (non-hydrogen) atoms. The van der Waals surface area contributed by atoms with Crippen molar-refractivity contribution in [1.29, 1.82) is 0 Å². The lowest BCUT2D eigenvalue weighted by atomic mass is 9.84. The van der Waals surface area contributed by atoms with Gasteiger partial charge < -0.3 is 15.2 Å². The summed E-state index contributed by atoms with van der Waals surface area (Å²) >= 11 is 5.20. The molecular formula is C27H38BrN5O2SSi. The monoisotopic (exact) mass is 603 g/mol. The Morgan fingerprint density at radius 2 is 1.89 bits per heavy atom. The maximum absolute atomic E-state index is 11.7. The molecule has 0 amide bonds. The van der Waals surface area contributed by atoms with Crippen molar-refractivity contribution in [2.45, 2.75) is 82.2 Å². The number of aliphatic hydroxyl groups is 1.